The van der Waals surface area contributed by atoms with Crippen molar-refractivity contribution in [3.05, 3.63) is 23.0 Å². The van der Waals surface area contributed by atoms with Gasteiger partial charge in [0.05, 0.1) is 12.2 Å². The van der Waals surface area contributed by atoms with Gasteiger partial charge in [0.1, 0.15) is 0 Å². The number of carbonyl (C=O) groups excluding carboxylic acids is 2. The second-order valence-electron chi connectivity index (χ2n) is 4.65. The van der Waals surface area contributed by atoms with Crippen LogP contribution >= 0.6 is 0 Å². The van der Waals surface area contributed by atoms with Gasteiger partial charge in [0.15, 0.2) is 0 Å². The van der Waals surface area contributed by atoms with Crippen molar-refractivity contribution in [1.29, 1.82) is 0 Å². The van der Waals surface area contributed by atoms with Gasteiger partial charge in [-0.2, -0.15) is 0 Å². The maximum absolute atomic E-state index is 11.7. The maximum Gasteiger partial charge on any atom is 0.229 e. The van der Waals surface area contributed by atoms with Crippen LogP contribution in [-0.4, -0.2) is 21.7 Å². The quantitative estimate of drug-likeness (QED) is 0.800. The molecule has 18 heavy (non-hydrogen) atoms. The molecule has 1 saturated heterocycles. The first-order chi connectivity index (χ1) is 8.50. The highest BCUT2D eigenvalue weighted by Gasteiger charge is 2.26. The molecule has 1 aromatic heterocycles. The Hall–Kier alpha value is -1.91. The van der Waals surface area contributed by atoms with E-state index in [1.54, 1.807) is 6.20 Å². The Balaban J connectivity index is 2.26. The molecule has 1 aliphatic rings. The molecule has 0 unspecified atom stereocenters. The lowest BCUT2D eigenvalue weighted by Gasteiger charge is -2.25. The van der Waals surface area contributed by atoms with Gasteiger partial charge in [-0.05, 0) is 31.4 Å². The lowest BCUT2D eigenvalue weighted by Crippen LogP contribution is -2.39. The van der Waals surface area contributed by atoms with Crippen molar-refractivity contribution in [2.45, 2.75) is 39.7 Å². The summed E-state index contributed by atoms with van der Waals surface area (Å²) in [6.45, 7) is 3.98. The number of hydrogen-bond acceptors (Lipinski definition) is 4. The van der Waals surface area contributed by atoms with Crippen molar-refractivity contribution in [2.24, 2.45) is 0 Å². The minimum atomic E-state index is -0.119. The summed E-state index contributed by atoms with van der Waals surface area (Å²) in [6.07, 6.45) is 3.20. The van der Waals surface area contributed by atoms with Crippen LogP contribution in [0.3, 0.4) is 0 Å². The lowest BCUT2D eigenvalue weighted by molar-refractivity contribution is -0.148. The summed E-state index contributed by atoms with van der Waals surface area (Å²) in [5.74, 6) is -0.238. The molecule has 5 nitrogen and oxygen atoms in total. The third kappa shape index (κ3) is 2.20. The van der Waals surface area contributed by atoms with Gasteiger partial charge < -0.3 is 5.73 Å². The number of aryl methyl sites for hydroxylation is 1. The third-order valence-electron chi connectivity index (χ3n) is 3.37. The molecule has 1 aliphatic heterocycles. The van der Waals surface area contributed by atoms with E-state index in [1.165, 1.54) is 4.90 Å². The highest BCUT2D eigenvalue weighted by atomic mass is 16.2. The molecule has 0 saturated carbocycles. The fourth-order valence-corrected chi connectivity index (χ4v) is 2.08. The van der Waals surface area contributed by atoms with Crippen LogP contribution < -0.4 is 5.73 Å². The fraction of sp³-hybridized carbons (Fsp3) is 0.462. The molecule has 2 heterocycles. The largest absolute Gasteiger partial charge is 0.398 e. The maximum atomic E-state index is 11.7. The zero-order chi connectivity index (χ0) is 13.3. The van der Waals surface area contributed by atoms with Crippen LogP contribution in [0.25, 0.3) is 0 Å². The molecular weight excluding hydrogens is 230 g/mol. The predicted molar refractivity (Wildman–Crippen MR) is 67.5 cm³/mol. The number of aromatic nitrogens is 1. The minimum Gasteiger partial charge on any atom is -0.398 e. The summed E-state index contributed by atoms with van der Waals surface area (Å²) in [5.41, 5.74) is 9.06. The zero-order valence-electron chi connectivity index (χ0n) is 10.7. The second kappa shape index (κ2) is 4.76. The highest BCUT2D eigenvalue weighted by molar-refractivity contribution is 5.97. The smallest absolute Gasteiger partial charge is 0.229 e. The molecule has 0 radical (unpaired) electrons. The molecule has 96 valence electrons. The summed E-state index contributed by atoms with van der Waals surface area (Å²) in [6, 6.07) is 0. The Morgan fingerprint density at radius 1 is 1.28 bits per heavy atom. The number of rotatable bonds is 2. The van der Waals surface area contributed by atoms with Crippen molar-refractivity contribution in [3.63, 3.8) is 0 Å². The number of piperidine rings is 1. The fourth-order valence-electron chi connectivity index (χ4n) is 2.08. The van der Waals surface area contributed by atoms with E-state index in [-0.39, 0.29) is 18.4 Å². The predicted octanol–water partition coefficient (Wildman–Crippen LogP) is 1.32. The number of anilines is 1. The summed E-state index contributed by atoms with van der Waals surface area (Å²) in [4.78, 5) is 29.0. The first kappa shape index (κ1) is 12.5. The van der Waals surface area contributed by atoms with Crippen LogP contribution in [0.1, 0.15) is 36.1 Å². The second-order valence-corrected chi connectivity index (χ2v) is 4.65. The van der Waals surface area contributed by atoms with Crippen molar-refractivity contribution < 1.29 is 9.59 Å². The van der Waals surface area contributed by atoms with Crippen LogP contribution in [0.5, 0.6) is 0 Å². The van der Waals surface area contributed by atoms with Crippen molar-refractivity contribution in [1.82, 2.24) is 9.88 Å². The van der Waals surface area contributed by atoms with Gasteiger partial charge in [0.25, 0.3) is 0 Å². The van der Waals surface area contributed by atoms with Gasteiger partial charge in [-0.25, -0.2) is 0 Å². The molecule has 0 aromatic carbocycles. The Morgan fingerprint density at radius 3 is 2.50 bits per heavy atom. The number of nitrogen functional groups attached to an aromatic ring is 1. The van der Waals surface area contributed by atoms with E-state index in [2.05, 4.69) is 4.98 Å². The van der Waals surface area contributed by atoms with Crippen LogP contribution in [0, 0.1) is 13.8 Å². The van der Waals surface area contributed by atoms with Gasteiger partial charge in [-0.1, -0.05) is 0 Å². The van der Waals surface area contributed by atoms with Crippen LogP contribution in [-0.2, 0) is 16.1 Å². The Bertz CT molecular complexity index is 495. The molecule has 2 amide bonds. The lowest BCUT2D eigenvalue weighted by atomic mass is 10.1. The number of likely N-dealkylation sites (tertiary alicyclic amines) is 1. The Kier molecular flexibility index (Phi) is 3.32. The first-order valence-corrected chi connectivity index (χ1v) is 6.04. The van der Waals surface area contributed by atoms with E-state index in [1.807, 2.05) is 13.8 Å². The van der Waals surface area contributed by atoms with E-state index >= 15 is 0 Å². The molecule has 2 N–H and O–H groups in total. The van der Waals surface area contributed by atoms with E-state index in [9.17, 15) is 9.59 Å². The number of carbonyl (C=O) groups is 2. The summed E-state index contributed by atoms with van der Waals surface area (Å²) < 4.78 is 0. The summed E-state index contributed by atoms with van der Waals surface area (Å²) in [5, 5.41) is 0. The number of amides is 2. The molecule has 0 atom stereocenters. The topological polar surface area (TPSA) is 76.3 Å². The van der Waals surface area contributed by atoms with Crippen LogP contribution in [0.15, 0.2) is 6.20 Å². The molecule has 1 aromatic rings. The summed E-state index contributed by atoms with van der Waals surface area (Å²) in [7, 11) is 0. The molecule has 0 aliphatic carbocycles. The number of pyridine rings is 1. The normalized spacial score (nSPS) is 16.2. The van der Waals surface area contributed by atoms with Gasteiger partial charge in [-0.3, -0.25) is 19.5 Å². The average Bonchev–Trinajstić information content (AvgIpc) is 2.34. The number of nitrogens with two attached hydrogens (primary N) is 1. The van der Waals surface area contributed by atoms with Crippen molar-refractivity contribution >= 4 is 17.5 Å². The monoisotopic (exact) mass is 247 g/mol. The highest BCUT2D eigenvalue weighted by Crippen LogP contribution is 2.21. The summed E-state index contributed by atoms with van der Waals surface area (Å²) >= 11 is 0. The van der Waals surface area contributed by atoms with Crippen LogP contribution in [0.4, 0.5) is 5.69 Å². The molecule has 0 bridgehead atoms. The molecule has 0 spiro atoms. The number of imide groups is 1. The molecule has 5 heteroatoms. The molecular formula is C13H17N3O2. The van der Waals surface area contributed by atoms with E-state index in [4.69, 9.17) is 5.73 Å². The number of hydrogen-bond donors (Lipinski definition) is 1. The van der Waals surface area contributed by atoms with Crippen molar-refractivity contribution in [2.75, 3.05) is 5.73 Å². The first-order valence-electron chi connectivity index (χ1n) is 6.04. The zero-order valence-corrected chi connectivity index (χ0v) is 10.7. The Labute approximate surface area is 106 Å². The van der Waals surface area contributed by atoms with E-state index in [0.717, 1.165) is 11.1 Å². The SMILES string of the molecule is Cc1cnc(CN2C(=O)CCCC2=O)c(C)c1N. The van der Waals surface area contributed by atoms with Gasteiger partial charge in [0.2, 0.25) is 11.8 Å². The molecule has 2 rings (SSSR count). The van der Waals surface area contributed by atoms with Gasteiger partial charge >= 0.3 is 0 Å². The minimum absolute atomic E-state index is 0.119. The van der Waals surface area contributed by atoms with Gasteiger partial charge in [0, 0.05) is 24.7 Å². The number of nitrogens with zero attached hydrogens (tertiary/aromatic N) is 2. The standard InChI is InChI=1S/C13H17N3O2/c1-8-6-15-10(9(2)13(8)14)7-16-11(17)4-3-5-12(16)18/h6H,3-5,7H2,1-2H3,(H2,14,15). The van der Waals surface area contributed by atoms with Gasteiger partial charge in [-0.15, -0.1) is 0 Å². The average molecular weight is 247 g/mol. The third-order valence-corrected chi connectivity index (χ3v) is 3.37. The van der Waals surface area contributed by atoms with E-state index in [0.29, 0.717) is 30.6 Å². The molecule has 1 fully saturated rings. The van der Waals surface area contributed by atoms with E-state index < -0.39 is 0 Å². The van der Waals surface area contributed by atoms with Crippen molar-refractivity contribution in [3.8, 4) is 0 Å². The van der Waals surface area contributed by atoms with Crippen LogP contribution in [0.2, 0.25) is 0 Å². The Morgan fingerprint density at radius 2 is 1.89 bits per heavy atom.